The van der Waals surface area contributed by atoms with Crippen molar-refractivity contribution in [2.24, 2.45) is 0 Å². The molecule has 1 atom stereocenters. The number of sulfonamides is 1. The minimum absolute atomic E-state index is 0. The van der Waals surface area contributed by atoms with Gasteiger partial charge in [0.2, 0.25) is 0 Å². The lowest BCUT2D eigenvalue weighted by Crippen LogP contribution is -2.37. The number of aromatic nitrogens is 2. The Morgan fingerprint density at radius 2 is 2.35 bits per heavy atom. The number of esters is 1. The molecule has 1 saturated heterocycles. The van der Waals surface area contributed by atoms with Crippen molar-refractivity contribution in [2.75, 3.05) is 19.7 Å². The summed E-state index contributed by atoms with van der Waals surface area (Å²) in [7, 11) is -3.80. The number of H-pyrrole nitrogens is 1. The molecule has 0 bridgehead atoms. The maximum Gasteiger partial charge on any atom is 0.342 e. The zero-order valence-corrected chi connectivity index (χ0v) is 12.5. The molecule has 8 nitrogen and oxygen atoms in total. The summed E-state index contributed by atoms with van der Waals surface area (Å²) in [5.74, 6) is -0.707. The van der Waals surface area contributed by atoms with E-state index in [0.717, 1.165) is 12.7 Å². The maximum atomic E-state index is 12.2. The number of carbonyl (C=O) groups excluding carboxylic acids is 1. The number of aromatic amines is 1. The SMILES string of the molecule is CCOC(=O)c1cn[nH]c1S(=O)(=O)NC1CCNC1.Cl. The van der Waals surface area contributed by atoms with Crippen molar-refractivity contribution in [3.8, 4) is 0 Å². The molecule has 1 aliphatic rings. The fourth-order valence-electron chi connectivity index (χ4n) is 1.87. The van der Waals surface area contributed by atoms with Crippen LogP contribution in [0.1, 0.15) is 23.7 Å². The number of rotatable bonds is 5. The van der Waals surface area contributed by atoms with Crippen molar-refractivity contribution >= 4 is 28.4 Å². The molecule has 3 N–H and O–H groups in total. The summed E-state index contributed by atoms with van der Waals surface area (Å²) in [6.45, 7) is 3.15. The third kappa shape index (κ3) is 3.69. The monoisotopic (exact) mass is 324 g/mol. The lowest BCUT2D eigenvalue weighted by atomic mass is 10.3. The van der Waals surface area contributed by atoms with Gasteiger partial charge in [-0.15, -0.1) is 12.4 Å². The molecule has 114 valence electrons. The van der Waals surface area contributed by atoms with E-state index >= 15 is 0 Å². The van der Waals surface area contributed by atoms with Gasteiger partial charge in [0.15, 0.2) is 5.03 Å². The Hall–Kier alpha value is -1.16. The second kappa shape index (κ2) is 7.02. The van der Waals surface area contributed by atoms with Crippen LogP contribution in [0.2, 0.25) is 0 Å². The van der Waals surface area contributed by atoms with Gasteiger partial charge < -0.3 is 10.1 Å². The van der Waals surface area contributed by atoms with Gasteiger partial charge in [0.1, 0.15) is 5.56 Å². The Kier molecular flexibility index (Phi) is 5.93. The van der Waals surface area contributed by atoms with Crippen LogP contribution in [0.5, 0.6) is 0 Å². The van der Waals surface area contributed by atoms with E-state index < -0.39 is 16.0 Å². The van der Waals surface area contributed by atoms with E-state index in [1.807, 2.05) is 0 Å². The molecule has 1 fully saturated rings. The van der Waals surface area contributed by atoms with Gasteiger partial charge in [-0.05, 0) is 19.9 Å². The second-order valence-electron chi connectivity index (χ2n) is 4.14. The molecule has 1 unspecified atom stereocenters. The van der Waals surface area contributed by atoms with Crippen LogP contribution in [0.3, 0.4) is 0 Å². The average Bonchev–Trinajstić information content (AvgIpc) is 2.98. The number of ether oxygens (including phenoxy) is 1. The minimum atomic E-state index is -3.80. The molecule has 0 saturated carbocycles. The second-order valence-corrected chi connectivity index (χ2v) is 5.80. The largest absolute Gasteiger partial charge is 0.462 e. The third-order valence-electron chi connectivity index (χ3n) is 2.75. The highest BCUT2D eigenvalue weighted by Gasteiger charge is 2.29. The summed E-state index contributed by atoms with van der Waals surface area (Å²) < 4.78 is 31.6. The van der Waals surface area contributed by atoms with Gasteiger partial charge in [-0.2, -0.15) is 5.10 Å². The highest BCUT2D eigenvalue weighted by molar-refractivity contribution is 7.89. The number of hydrogen-bond donors (Lipinski definition) is 3. The molecule has 0 radical (unpaired) electrons. The number of carbonyl (C=O) groups is 1. The molecule has 1 aromatic heterocycles. The lowest BCUT2D eigenvalue weighted by molar-refractivity contribution is 0.0522. The number of hydrogen-bond acceptors (Lipinski definition) is 6. The van der Waals surface area contributed by atoms with Crippen LogP contribution in [-0.4, -0.2) is 50.3 Å². The summed E-state index contributed by atoms with van der Waals surface area (Å²) in [5.41, 5.74) is -0.0830. The molecule has 1 aromatic rings. The zero-order valence-electron chi connectivity index (χ0n) is 10.9. The molecule has 0 aromatic carbocycles. The summed E-state index contributed by atoms with van der Waals surface area (Å²) in [5, 5.41) is 8.74. The Morgan fingerprint density at radius 3 is 2.95 bits per heavy atom. The molecule has 2 rings (SSSR count). The summed E-state index contributed by atoms with van der Waals surface area (Å²) in [4.78, 5) is 11.6. The van der Waals surface area contributed by atoms with E-state index in [1.165, 1.54) is 0 Å². The Labute approximate surface area is 123 Å². The van der Waals surface area contributed by atoms with Crippen molar-refractivity contribution < 1.29 is 17.9 Å². The van der Waals surface area contributed by atoms with Crippen LogP contribution in [-0.2, 0) is 14.8 Å². The lowest BCUT2D eigenvalue weighted by Gasteiger charge is -2.11. The zero-order chi connectivity index (χ0) is 13.9. The molecule has 1 aliphatic heterocycles. The molecule has 2 heterocycles. The first-order valence-corrected chi connectivity index (χ1v) is 7.46. The predicted octanol–water partition coefficient (Wildman–Crippen LogP) is -0.352. The predicted molar refractivity (Wildman–Crippen MR) is 73.4 cm³/mol. The summed E-state index contributed by atoms with van der Waals surface area (Å²) >= 11 is 0. The topological polar surface area (TPSA) is 113 Å². The minimum Gasteiger partial charge on any atom is -0.462 e. The van der Waals surface area contributed by atoms with Gasteiger partial charge >= 0.3 is 5.97 Å². The van der Waals surface area contributed by atoms with Crippen LogP contribution < -0.4 is 10.0 Å². The fraction of sp³-hybridized carbons (Fsp3) is 0.600. The first-order chi connectivity index (χ1) is 9.04. The van der Waals surface area contributed by atoms with E-state index in [-0.39, 0.29) is 35.6 Å². The fourth-order valence-corrected chi connectivity index (χ4v) is 3.22. The quantitative estimate of drug-likeness (QED) is 0.638. The van der Waals surface area contributed by atoms with E-state index in [4.69, 9.17) is 4.74 Å². The van der Waals surface area contributed by atoms with Gasteiger partial charge in [0, 0.05) is 12.6 Å². The van der Waals surface area contributed by atoms with Gasteiger partial charge in [-0.25, -0.2) is 17.9 Å². The molecule has 20 heavy (non-hydrogen) atoms. The van der Waals surface area contributed by atoms with Gasteiger partial charge in [-0.1, -0.05) is 0 Å². The standard InChI is InChI=1S/C10H16N4O4S.ClH/c1-2-18-10(15)8-6-12-13-9(8)19(16,17)14-7-3-4-11-5-7;/h6-7,11,14H,2-5H2,1H3,(H,12,13);1H. The van der Waals surface area contributed by atoms with Crippen molar-refractivity contribution in [1.82, 2.24) is 20.2 Å². The molecule has 10 heteroatoms. The first kappa shape index (κ1) is 16.9. The molecule has 0 spiro atoms. The molecular weight excluding hydrogens is 308 g/mol. The summed E-state index contributed by atoms with van der Waals surface area (Å²) in [6, 6.07) is -0.177. The van der Waals surface area contributed by atoms with Crippen molar-refractivity contribution in [3.63, 3.8) is 0 Å². The van der Waals surface area contributed by atoms with Crippen molar-refractivity contribution in [1.29, 1.82) is 0 Å². The van der Waals surface area contributed by atoms with E-state index in [1.54, 1.807) is 6.92 Å². The Balaban J connectivity index is 0.00000200. The van der Waals surface area contributed by atoms with Gasteiger partial charge in [0.25, 0.3) is 10.0 Å². The van der Waals surface area contributed by atoms with Crippen molar-refractivity contribution in [2.45, 2.75) is 24.4 Å². The maximum absolute atomic E-state index is 12.2. The van der Waals surface area contributed by atoms with E-state index in [0.29, 0.717) is 13.0 Å². The Bertz CT molecular complexity index is 553. The Morgan fingerprint density at radius 1 is 1.60 bits per heavy atom. The first-order valence-electron chi connectivity index (χ1n) is 5.98. The van der Waals surface area contributed by atoms with Crippen LogP contribution >= 0.6 is 12.4 Å². The van der Waals surface area contributed by atoms with Gasteiger partial charge in [0.05, 0.1) is 12.8 Å². The van der Waals surface area contributed by atoms with Crippen LogP contribution in [0.4, 0.5) is 0 Å². The normalized spacial score (nSPS) is 18.6. The third-order valence-corrected chi connectivity index (χ3v) is 4.24. The number of nitrogens with one attached hydrogen (secondary N) is 3. The number of halogens is 1. The molecule has 0 amide bonds. The van der Waals surface area contributed by atoms with Crippen molar-refractivity contribution in [3.05, 3.63) is 11.8 Å². The van der Waals surface area contributed by atoms with Gasteiger partial charge in [-0.3, -0.25) is 5.10 Å². The average molecular weight is 325 g/mol. The van der Waals surface area contributed by atoms with Crippen LogP contribution in [0, 0.1) is 0 Å². The highest BCUT2D eigenvalue weighted by atomic mass is 35.5. The van der Waals surface area contributed by atoms with Crippen LogP contribution in [0.25, 0.3) is 0 Å². The van der Waals surface area contributed by atoms with E-state index in [9.17, 15) is 13.2 Å². The molecular formula is C10H17ClN4O4S. The summed E-state index contributed by atoms with van der Waals surface area (Å²) in [6.07, 6.45) is 1.86. The van der Waals surface area contributed by atoms with Crippen LogP contribution in [0.15, 0.2) is 11.2 Å². The number of nitrogens with zero attached hydrogens (tertiary/aromatic N) is 1. The smallest absolute Gasteiger partial charge is 0.342 e. The molecule has 0 aliphatic carbocycles. The van der Waals surface area contributed by atoms with E-state index in [2.05, 4.69) is 20.2 Å². The highest BCUT2D eigenvalue weighted by Crippen LogP contribution is 2.14.